The lowest BCUT2D eigenvalue weighted by atomic mass is 10.3. The summed E-state index contributed by atoms with van der Waals surface area (Å²) >= 11 is 5.49. The van der Waals surface area contributed by atoms with Crippen LogP contribution in [-0.4, -0.2) is 32.3 Å². The number of amides is 2. The van der Waals surface area contributed by atoms with Crippen LogP contribution in [-0.2, 0) is 0 Å². The summed E-state index contributed by atoms with van der Waals surface area (Å²) in [6.45, 7) is 0.622. The van der Waals surface area contributed by atoms with Gasteiger partial charge in [-0.1, -0.05) is 12.1 Å². The number of rotatable bonds is 7. The highest BCUT2D eigenvalue weighted by molar-refractivity contribution is 6.17. The van der Waals surface area contributed by atoms with Crippen LogP contribution in [0.25, 0.3) is 0 Å². The molecule has 0 aliphatic rings. The van der Waals surface area contributed by atoms with Crippen LogP contribution in [0.3, 0.4) is 0 Å². The average Bonchev–Trinajstić information content (AvgIpc) is 2.39. The zero-order valence-corrected chi connectivity index (χ0v) is 11.0. The van der Waals surface area contributed by atoms with Crippen molar-refractivity contribution in [3.8, 4) is 11.5 Å². The number of ether oxygens (including phenoxy) is 2. The van der Waals surface area contributed by atoms with E-state index in [0.29, 0.717) is 23.9 Å². The van der Waals surface area contributed by atoms with Gasteiger partial charge in [0.25, 0.3) is 0 Å². The molecule has 5 nitrogen and oxygen atoms in total. The van der Waals surface area contributed by atoms with Crippen LogP contribution in [0, 0.1) is 0 Å². The summed E-state index contributed by atoms with van der Waals surface area (Å²) in [6, 6.07) is 6.95. The minimum atomic E-state index is -0.282. The molecule has 0 saturated carbocycles. The van der Waals surface area contributed by atoms with Crippen molar-refractivity contribution in [2.45, 2.75) is 6.42 Å². The number of hydrogen-bond acceptors (Lipinski definition) is 3. The number of carbonyl (C=O) groups is 1. The van der Waals surface area contributed by atoms with E-state index in [0.717, 1.165) is 6.42 Å². The minimum Gasteiger partial charge on any atom is -0.493 e. The number of carbonyl (C=O) groups excluding carboxylic acids is 1. The first-order valence-corrected chi connectivity index (χ1v) is 6.15. The maximum atomic E-state index is 11.3. The maximum Gasteiger partial charge on any atom is 0.317 e. The molecule has 6 heteroatoms. The Morgan fingerprint density at radius 1 is 1.28 bits per heavy atom. The zero-order valence-electron chi connectivity index (χ0n) is 10.2. The van der Waals surface area contributed by atoms with Gasteiger partial charge < -0.3 is 20.1 Å². The molecule has 0 fully saturated rings. The summed E-state index contributed by atoms with van der Waals surface area (Å²) in [4.78, 5) is 11.3. The van der Waals surface area contributed by atoms with Crippen molar-refractivity contribution in [3.05, 3.63) is 24.3 Å². The number of urea groups is 1. The van der Waals surface area contributed by atoms with Crippen molar-refractivity contribution in [1.29, 1.82) is 0 Å². The fourth-order valence-electron chi connectivity index (χ4n) is 1.25. The summed E-state index contributed by atoms with van der Waals surface area (Å²) in [7, 11) is 1.56. The van der Waals surface area contributed by atoms with E-state index < -0.39 is 0 Å². The third kappa shape index (κ3) is 5.14. The number of methoxy groups -OCH3 is 1. The molecule has 0 atom stereocenters. The van der Waals surface area contributed by atoms with E-state index in [1.54, 1.807) is 19.2 Å². The molecule has 2 N–H and O–H groups in total. The molecule has 0 aromatic heterocycles. The van der Waals surface area contributed by atoms with E-state index in [9.17, 15) is 4.79 Å². The van der Waals surface area contributed by atoms with Gasteiger partial charge in [0.05, 0.1) is 7.11 Å². The summed E-state index contributed by atoms with van der Waals surface area (Å²) < 4.78 is 10.5. The Balaban J connectivity index is 2.26. The largest absolute Gasteiger partial charge is 0.493 e. The predicted octanol–water partition coefficient (Wildman–Crippen LogP) is 1.96. The van der Waals surface area contributed by atoms with Gasteiger partial charge in [-0.2, -0.15) is 0 Å². The van der Waals surface area contributed by atoms with Crippen LogP contribution in [0.15, 0.2) is 24.3 Å². The zero-order chi connectivity index (χ0) is 13.2. The molecule has 2 amide bonds. The maximum absolute atomic E-state index is 11.3. The van der Waals surface area contributed by atoms with Gasteiger partial charge in [0, 0.05) is 12.4 Å². The Morgan fingerprint density at radius 2 is 2.00 bits per heavy atom. The topological polar surface area (TPSA) is 59.6 Å². The van der Waals surface area contributed by atoms with Crippen LogP contribution in [0.5, 0.6) is 11.5 Å². The molecule has 0 unspecified atom stereocenters. The second-order valence-electron chi connectivity index (χ2n) is 3.41. The van der Waals surface area contributed by atoms with Crippen LogP contribution in [0.4, 0.5) is 4.79 Å². The highest BCUT2D eigenvalue weighted by Gasteiger charge is 2.03. The highest BCUT2D eigenvalue weighted by atomic mass is 35.5. The van der Waals surface area contributed by atoms with Gasteiger partial charge >= 0.3 is 6.03 Å². The monoisotopic (exact) mass is 272 g/mol. The Hall–Kier alpha value is -1.62. The molecule has 1 rings (SSSR count). The second-order valence-corrected chi connectivity index (χ2v) is 3.79. The SMILES string of the molecule is COc1ccccc1OCNC(=O)NCCCCl. The molecule has 0 bridgehead atoms. The first kappa shape index (κ1) is 14.4. The number of nitrogens with one attached hydrogen (secondary N) is 2. The molecule has 100 valence electrons. The second kappa shape index (κ2) is 8.47. The van der Waals surface area contributed by atoms with E-state index in [1.165, 1.54) is 0 Å². The molecular formula is C12H17ClN2O3. The van der Waals surface area contributed by atoms with Gasteiger partial charge in [-0.3, -0.25) is 0 Å². The Morgan fingerprint density at radius 3 is 2.67 bits per heavy atom. The van der Waals surface area contributed by atoms with Crippen molar-refractivity contribution >= 4 is 17.6 Å². The van der Waals surface area contributed by atoms with Gasteiger partial charge in [-0.15, -0.1) is 11.6 Å². The average molecular weight is 273 g/mol. The fraction of sp³-hybridized carbons (Fsp3) is 0.417. The molecule has 0 aliphatic carbocycles. The van der Waals surface area contributed by atoms with Crippen LogP contribution in [0.2, 0.25) is 0 Å². The molecule has 0 heterocycles. The number of hydrogen-bond donors (Lipinski definition) is 2. The lowest BCUT2D eigenvalue weighted by molar-refractivity contribution is 0.221. The van der Waals surface area contributed by atoms with Gasteiger partial charge in [0.15, 0.2) is 18.2 Å². The van der Waals surface area contributed by atoms with Gasteiger partial charge in [-0.05, 0) is 18.6 Å². The Bertz CT molecular complexity index is 374. The summed E-state index contributed by atoms with van der Waals surface area (Å²) in [5.41, 5.74) is 0. The van der Waals surface area contributed by atoms with Crippen LogP contribution in [0.1, 0.15) is 6.42 Å². The first-order valence-electron chi connectivity index (χ1n) is 5.61. The number of benzene rings is 1. The molecule has 18 heavy (non-hydrogen) atoms. The summed E-state index contributed by atoms with van der Waals surface area (Å²) in [5, 5.41) is 5.22. The van der Waals surface area contributed by atoms with E-state index >= 15 is 0 Å². The number of alkyl halides is 1. The van der Waals surface area contributed by atoms with Crippen LogP contribution < -0.4 is 20.1 Å². The van der Waals surface area contributed by atoms with Crippen molar-refractivity contribution in [2.75, 3.05) is 26.3 Å². The molecule has 1 aromatic rings. The Labute approximate surface area is 111 Å². The molecular weight excluding hydrogens is 256 g/mol. The first-order chi connectivity index (χ1) is 8.77. The fourth-order valence-corrected chi connectivity index (χ4v) is 1.38. The van der Waals surface area contributed by atoms with Crippen molar-refractivity contribution in [3.63, 3.8) is 0 Å². The van der Waals surface area contributed by atoms with E-state index in [-0.39, 0.29) is 12.8 Å². The smallest absolute Gasteiger partial charge is 0.317 e. The molecule has 0 spiro atoms. The van der Waals surface area contributed by atoms with Gasteiger partial charge in [0.2, 0.25) is 0 Å². The van der Waals surface area contributed by atoms with E-state index in [1.807, 2.05) is 12.1 Å². The normalized spacial score (nSPS) is 9.67. The van der Waals surface area contributed by atoms with Gasteiger partial charge in [-0.25, -0.2) is 4.79 Å². The minimum absolute atomic E-state index is 0.0765. The van der Waals surface area contributed by atoms with Crippen molar-refractivity contribution in [2.24, 2.45) is 0 Å². The summed E-state index contributed by atoms with van der Waals surface area (Å²) in [6.07, 6.45) is 0.738. The van der Waals surface area contributed by atoms with E-state index in [2.05, 4.69) is 10.6 Å². The van der Waals surface area contributed by atoms with Gasteiger partial charge in [0.1, 0.15) is 0 Å². The van der Waals surface area contributed by atoms with Crippen molar-refractivity contribution < 1.29 is 14.3 Å². The molecule has 1 aromatic carbocycles. The van der Waals surface area contributed by atoms with Crippen LogP contribution >= 0.6 is 11.6 Å². The molecule has 0 aliphatic heterocycles. The van der Waals surface area contributed by atoms with Crippen molar-refractivity contribution in [1.82, 2.24) is 10.6 Å². The Kier molecular flexibility index (Phi) is 6.79. The molecule has 0 saturated heterocycles. The summed E-state index contributed by atoms with van der Waals surface area (Å²) in [5.74, 6) is 1.74. The predicted molar refractivity (Wildman–Crippen MR) is 70.4 cm³/mol. The lowest BCUT2D eigenvalue weighted by Crippen LogP contribution is -2.38. The third-order valence-electron chi connectivity index (χ3n) is 2.13. The number of halogens is 1. The number of para-hydroxylation sites is 2. The molecule has 0 radical (unpaired) electrons. The quantitative estimate of drug-likeness (QED) is 0.453. The standard InChI is InChI=1S/C12H17ClN2O3/c1-17-10-5-2-3-6-11(10)18-9-15-12(16)14-8-4-7-13/h2-3,5-6H,4,7-9H2,1H3,(H2,14,15,16). The highest BCUT2D eigenvalue weighted by Crippen LogP contribution is 2.25. The lowest BCUT2D eigenvalue weighted by Gasteiger charge is -2.11. The van der Waals surface area contributed by atoms with E-state index in [4.69, 9.17) is 21.1 Å². The third-order valence-corrected chi connectivity index (χ3v) is 2.39.